The van der Waals surface area contributed by atoms with E-state index in [9.17, 15) is 52.9 Å². The van der Waals surface area contributed by atoms with Gasteiger partial charge in [-0.25, -0.2) is 18.5 Å². The van der Waals surface area contributed by atoms with E-state index < -0.39 is 65.9 Å². The van der Waals surface area contributed by atoms with Crippen LogP contribution >= 0.6 is 23.5 Å². The van der Waals surface area contributed by atoms with Crippen LogP contribution < -0.4 is 16.6 Å². The monoisotopic (exact) mass is 663 g/mol. The number of aliphatic hydroxyl groups excluding tert-OH is 2. The van der Waals surface area contributed by atoms with E-state index >= 15 is 0 Å². The lowest BCUT2D eigenvalue weighted by Gasteiger charge is -2.19. The number of phosphoric acid groups is 3. The summed E-state index contributed by atoms with van der Waals surface area (Å²) in [6.45, 7) is 0.143. The van der Waals surface area contributed by atoms with Crippen LogP contribution in [0.3, 0.4) is 0 Å². The average molecular weight is 663 g/mol. The summed E-state index contributed by atoms with van der Waals surface area (Å²) in [5.41, 5.74) is -2.36. The van der Waals surface area contributed by atoms with Gasteiger partial charge in [-0.1, -0.05) is 11.8 Å². The van der Waals surface area contributed by atoms with Gasteiger partial charge in [-0.15, -0.1) is 0 Å². The largest absolute Gasteiger partial charge is 0.490 e. The molecular formula is C19H28N3O17P3. The van der Waals surface area contributed by atoms with E-state index in [2.05, 4.69) is 30.3 Å². The highest BCUT2D eigenvalue weighted by Crippen LogP contribution is 2.66. The molecule has 0 bridgehead atoms. The van der Waals surface area contributed by atoms with Gasteiger partial charge >= 0.3 is 29.2 Å². The Morgan fingerprint density at radius 1 is 1.05 bits per heavy atom. The van der Waals surface area contributed by atoms with Crippen LogP contribution in [0.2, 0.25) is 0 Å². The zero-order valence-electron chi connectivity index (χ0n) is 21.6. The summed E-state index contributed by atoms with van der Waals surface area (Å²) >= 11 is 0. The van der Waals surface area contributed by atoms with E-state index in [0.29, 0.717) is 23.8 Å². The Labute approximate surface area is 236 Å². The fourth-order valence-electron chi connectivity index (χ4n) is 3.36. The number of phosphoric ester groups is 1. The van der Waals surface area contributed by atoms with Gasteiger partial charge in [0.2, 0.25) is 5.91 Å². The summed E-state index contributed by atoms with van der Waals surface area (Å²) in [4.78, 5) is 85.0. The van der Waals surface area contributed by atoms with Crippen LogP contribution in [-0.4, -0.2) is 82.5 Å². The zero-order chi connectivity index (χ0) is 31.9. The highest BCUT2D eigenvalue weighted by Gasteiger charge is 2.46. The number of aliphatic hydroxyl groups is 2. The summed E-state index contributed by atoms with van der Waals surface area (Å²) in [7, 11) is -17.0. The summed E-state index contributed by atoms with van der Waals surface area (Å²) < 4.78 is 51.4. The first-order valence-corrected chi connectivity index (χ1v) is 16.2. The number of ketones is 1. The third-order valence-corrected chi connectivity index (χ3v) is 8.98. The van der Waals surface area contributed by atoms with E-state index in [1.54, 1.807) is 0 Å². The number of amides is 1. The Balaban J connectivity index is 2.05. The van der Waals surface area contributed by atoms with Crippen LogP contribution in [0.1, 0.15) is 44.4 Å². The number of H-pyrrole nitrogens is 1. The standard InChI is InChI=1S/C19H28N3O17P3/c1-11(23)5-2-3-7-14(24)20-8-4-6-12-9-22(19(28)21-17(12)27)18-16(26)15(25)13(37-18)10-36-41(32,33)39-42(34,35)38-40(29,30)31/h9,13,15-16,18,25-26H,2-3,5,7-8,10H2,1H3,(H,20,24)(H,32,33)(H,34,35)(H,21,27,28)(H2,29,30,31)/t13-,15-,16-,18-/m1/s1. The van der Waals surface area contributed by atoms with Crippen LogP contribution in [0, 0.1) is 11.8 Å². The van der Waals surface area contributed by atoms with Gasteiger partial charge in [0.1, 0.15) is 29.7 Å². The molecule has 0 radical (unpaired) electrons. The van der Waals surface area contributed by atoms with Gasteiger partial charge in [0.05, 0.1) is 13.2 Å². The van der Waals surface area contributed by atoms with Crippen molar-refractivity contribution in [2.75, 3.05) is 13.2 Å². The molecule has 0 aromatic carbocycles. The van der Waals surface area contributed by atoms with Crippen molar-refractivity contribution < 1.29 is 71.0 Å². The molecule has 23 heteroatoms. The Morgan fingerprint density at radius 3 is 2.31 bits per heavy atom. The molecule has 2 rings (SSSR count). The number of hydrogen-bond acceptors (Lipinski definition) is 13. The van der Waals surface area contributed by atoms with E-state index in [0.717, 1.165) is 6.20 Å². The molecular weight excluding hydrogens is 635 g/mol. The van der Waals surface area contributed by atoms with E-state index in [1.807, 2.05) is 4.98 Å². The zero-order valence-corrected chi connectivity index (χ0v) is 24.3. The molecule has 1 aromatic rings. The lowest BCUT2D eigenvalue weighted by atomic mass is 10.1. The maximum absolute atomic E-state index is 12.3. The minimum Gasteiger partial charge on any atom is -0.387 e. The topological polar surface area (TPSA) is 311 Å². The molecule has 1 amide bonds. The Morgan fingerprint density at radius 2 is 1.69 bits per heavy atom. The molecule has 1 aliphatic rings. The van der Waals surface area contributed by atoms with Crippen LogP contribution in [-0.2, 0) is 41.2 Å². The van der Waals surface area contributed by atoms with Gasteiger partial charge in [-0.05, 0) is 19.8 Å². The van der Waals surface area contributed by atoms with Gasteiger partial charge in [-0.3, -0.25) is 23.7 Å². The highest BCUT2D eigenvalue weighted by atomic mass is 31.3. The molecule has 8 N–H and O–H groups in total. The molecule has 42 heavy (non-hydrogen) atoms. The molecule has 2 heterocycles. The highest BCUT2D eigenvalue weighted by molar-refractivity contribution is 7.66. The molecule has 6 atom stereocenters. The number of nitrogens with zero attached hydrogens (tertiary/aromatic N) is 1. The van der Waals surface area contributed by atoms with Crippen LogP contribution in [0.4, 0.5) is 0 Å². The number of nitrogens with one attached hydrogen (secondary N) is 2. The minimum absolute atomic E-state index is 0.0107. The fourth-order valence-corrected chi connectivity index (χ4v) is 6.39. The molecule has 1 saturated heterocycles. The number of aromatic amines is 1. The first-order chi connectivity index (χ1) is 19.3. The van der Waals surface area contributed by atoms with Gasteiger partial charge in [0.15, 0.2) is 6.23 Å². The number of carbonyl (C=O) groups is 2. The molecule has 1 aromatic heterocycles. The Kier molecular flexibility index (Phi) is 12.7. The first kappa shape index (κ1) is 35.9. The SMILES string of the molecule is CC(=O)CCCCC(=O)NCC#Cc1cn([C@@H]2O[C@H](COP(=O)(O)OP(=O)(O)OP(=O)(O)O)[C@@H](O)[C@H]2O)c(=O)[nH]c1=O. The van der Waals surface area contributed by atoms with Crippen molar-refractivity contribution in [1.29, 1.82) is 0 Å². The van der Waals surface area contributed by atoms with Gasteiger partial charge < -0.3 is 44.6 Å². The predicted molar refractivity (Wildman–Crippen MR) is 136 cm³/mol. The fraction of sp³-hybridized carbons (Fsp3) is 0.579. The number of rotatable bonds is 14. The maximum Gasteiger partial charge on any atom is 0.490 e. The number of ether oxygens (including phenoxy) is 1. The lowest BCUT2D eigenvalue weighted by Crippen LogP contribution is -2.38. The minimum atomic E-state index is -5.81. The normalized spacial score (nSPS) is 23.3. The second-order valence-electron chi connectivity index (χ2n) is 8.63. The molecule has 0 saturated carbocycles. The first-order valence-electron chi connectivity index (χ1n) is 11.7. The quantitative estimate of drug-likeness (QED) is 0.0613. The second-order valence-corrected chi connectivity index (χ2v) is 13.0. The van der Waals surface area contributed by atoms with Crippen molar-refractivity contribution in [3.05, 3.63) is 32.6 Å². The van der Waals surface area contributed by atoms with Gasteiger partial charge in [-0.2, -0.15) is 8.62 Å². The lowest BCUT2D eigenvalue weighted by molar-refractivity contribution is -0.121. The van der Waals surface area contributed by atoms with Crippen molar-refractivity contribution in [2.45, 2.75) is 57.1 Å². The average Bonchev–Trinajstić information content (AvgIpc) is 3.10. The smallest absolute Gasteiger partial charge is 0.387 e. The number of hydrogen-bond donors (Lipinski definition) is 8. The molecule has 236 valence electrons. The van der Waals surface area contributed by atoms with Crippen LogP contribution in [0.5, 0.6) is 0 Å². The Bertz CT molecular complexity index is 1470. The molecule has 1 aliphatic heterocycles. The molecule has 0 spiro atoms. The van der Waals surface area contributed by atoms with Crippen molar-refractivity contribution in [2.24, 2.45) is 0 Å². The van der Waals surface area contributed by atoms with E-state index in [-0.39, 0.29) is 30.2 Å². The molecule has 2 unspecified atom stereocenters. The molecule has 20 nitrogen and oxygen atoms in total. The number of carbonyl (C=O) groups excluding carboxylic acids is 2. The second kappa shape index (κ2) is 14.9. The van der Waals surface area contributed by atoms with Crippen molar-refractivity contribution in [1.82, 2.24) is 14.9 Å². The third-order valence-electron chi connectivity index (χ3n) is 5.18. The van der Waals surface area contributed by atoms with Crippen LogP contribution in [0.25, 0.3) is 0 Å². The van der Waals surface area contributed by atoms with E-state index in [4.69, 9.17) is 14.5 Å². The van der Waals surface area contributed by atoms with E-state index in [1.165, 1.54) is 6.92 Å². The number of Topliss-reactive ketones (excluding diaryl/α,β-unsaturated/α-hetero) is 1. The van der Waals surface area contributed by atoms with Gasteiger partial charge in [0, 0.05) is 19.0 Å². The van der Waals surface area contributed by atoms with Crippen molar-refractivity contribution in [3.63, 3.8) is 0 Å². The summed E-state index contributed by atoms with van der Waals surface area (Å²) in [5.74, 6) is 4.59. The summed E-state index contributed by atoms with van der Waals surface area (Å²) in [6.07, 6.45) is -4.77. The summed E-state index contributed by atoms with van der Waals surface area (Å²) in [6, 6.07) is 0. The van der Waals surface area contributed by atoms with Gasteiger partial charge in [0.25, 0.3) is 5.56 Å². The van der Waals surface area contributed by atoms with Crippen LogP contribution in [0.15, 0.2) is 15.8 Å². The predicted octanol–water partition coefficient (Wildman–Crippen LogP) is -1.88. The van der Waals surface area contributed by atoms with Crippen molar-refractivity contribution >= 4 is 35.2 Å². The Hall–Kier alpha value is -2.33. The summed E-state index contributed by atoms with van der Waals surface area (Å²) in [5, 5.41) is 23.1. The molecule has 0 aliphatic carbocycles. The molecule has 1 fully saturated rings. The maximum atomic E-state index is 12.3. The van der Waals surface area contributed by atoms with Crippen molar-refractivity contribution in [3.8, 4) is 11.8 Å². The number of unbranched alkanes of at least 4 members (excludes halogenated alkanes) is 1. The number of aromatic nitrogens is 2. The third kappa shape index (κ3) is 11.7.